The van der Waals surface area contributed by atoms with E-state index in [9.17, 15) is 5.11 Å². The summed E-state index contributed by atoms with van der Waals surface area (Å²) in [6, 6.07) is 0. The lowest BCUT2D eigenvalue weighted by atomic mass is 9.65. The second kappa shape index (κ2) is 8.69. The summed E-state index contributed by atoms with van der Waals surface area (Å²) in [7, 11) is 0. The monoisotopic (exact) mass is 306 g/mol. The van der Waals surface area contributed by atoms with Crippen LogP contribution in [0.25, 0.3) is 0 Å². The molecule has 0 radical (unpaired) electrons. The summed E-state index contributed by atoms with van der Waals surface area (Å²) in [4.78, 5) is 0. The molecule has 1 aliphatic carbocycles. The summed E-state index contributed by atoms with van der Waals surface area (Å²) in [5, 5.41) is 18.9. The Morgan fingerprint density at radius 1 is 1.36 bits per heavy atom. The Morgan fingerprint density at radius 3 is 2.64 bits per heavy atom. The highest BCUT2D eigenvalue weighted by Gasteiger charge is 2.33. The molecule has 0 heterocycles. The fourth-order valence-corrected chi connectivity index (χ4v) is 3.68. The van der Waals surface area contributed by atoms with E-state index in [1.807, 2.05) is 13.0 Å². The first-order valence-electron chi connectivity index (χ1n) is 8.55. The van der Waals surface area contributed by atoms with Gasteiger partial charge in [-0.15, -0.1) is 0 Å². The summed E-state index contributed by atoms with van der Waals surface area (Å²) in [6.45, 7) is 13.1. The molecule has 1 saturated carbocycles. The Labute approximate surface area is 136 Å². The molecular formula is C20H34O2. The van der Waals surface area contributed by atoms with Crippen LogP contribution in [0.1, 0.15) is 66.2 Å². The van der Waals surface area contributed by atoms with Crippen molar-refractivity contribution in [2.75, 3.05) is 6.61 Å². The van der Waals surface area contributed by atoms with Gasteiger partial charge in [-0.2, -0.15) is 0 Å². The molecule has 1 fully saturated rings. The molecule has 1 rings (SSSR count). The minimum atomic E-state index is -0.453. The van der Waals surface area contributed by atoms with Crippen LogP contribution >= 0.6 is 0 Å². The van der Waals surface area contributed by atoms with Gasteiger partial charge in [0.25, 0.3) is 0 Å². The van der Waals surface area contributed by atoms with Crippen molar-refractivity contribution in [2.45, 2.75) is 72.3 Å². The van der Waals surface area contributed by atoms with Gasteiger partial charge in [0.2, 0.25) is 0 Å². The SMILES string of the molecule is C=C1CCCC(C)(C)[C@H]1CC/C(C)=C/C(O)C/C(C)=C/CO. The highest BCUT2D eigenvalue weighted by Crippen LogP contribution is 2.45. The fourth-order valence-electron chi connectivity index (χ4n) is 3.68. The van der Waals surface area contributed by atoms with Crippen LogP contribution in [0.2, 0.25) is 0 Å². The first-order chi connectivity index (χ1) is 10.3. The maximum absolute atomic E-state index is 10.1. The normalized spacial score (nSPS) is 24.5. The van der Waals surface area contributed by atoms with Crippen molar-refractivity contribution in [1.82, 2.24) is 0 Å². The van der Waals surface area contributed by atoms with Crippen LogP contribution in [0, 0.1) is 11.3 Å². The Morgan fingerprint density at radius 2 is 2.05 bits per heavy atom. The molecule has 1 unspecified atom stereocenters. The van der Waals surface area contributed by atoms with Gasteiger partial charge < -0.3 is 10.2 Å². The van der Waals surface area contributed by atoms with Crippen molar-refractivity contribution in [3.63, 3.8) is 0 Å². The zero-order valence-electron chi connectivity index (χ0n) is 14.9. The maximum Gasteiger partial charge on any atom is 0.0760 e. The van der Waals surface area contributed by atoms with Crippen molar-refractivity contribution in [1.29, 1.82) is 0 Å². The molecule has 0 amide bonds. The van der Waals surface area contributed by atoms with E-state index in [0.29, 0.717) is 17.8 Å². The van der Waals surface area contributed by atoms with Gasteiger partial charge in [-0.25, -0.2) is 0 Å². The lowest BCUT2D eigenvalue weighted by molar-refractivity contribution is 0.180. The number of allylic oxidation sites excluding steroid dienone is 2. The summed E-state index contributed by atoms with van der Waals surface area (Å²) in [5.74, 6) is 0.595. The quantitative estimate of drug-likeness (QED) is 0.664. The largest absolute Gasteiger partial charge is 0.392 e. The highest BCUT2D eigenvalue weighted by atomic mass is 16.3. The first-order valence-corrected chi connectivity index (χ1v) is 8.55. The Hall–Kier alpha value is -0.860. The highest BCUT2D eigenvalue weighted by molar-refractivity contribution is 5.12. The number of hydrogen-bond acceptors (Lipinski definition) is 2. The first kappa shape index (κ1) is 19.2. The van der Waals surface area contributed by atoms with E-state index >= 15 is 0 Å². The van der Waals surface area contributed by atoms with Crippen LogP contribution in [0.5, 0.6) is 0 Å². The molecule has 22 heavy (non-hydrogen) atoms. The summed E-state index contributed by atoms with van der Waals surface area (Å²) >= 11 is 0. The van der Waals surface area contributed by atoms with Crippen molar-refractivity contribution >= 4 is 0 Å². The van der Waals surface area contributed by atoms with Gasteiger partial charge in [0.1, 0.15) is 0 Å². The van der Waals surface area contributed by atoms with E-state index in [4.69, 9.17) is 5.11 Å². The van der Waals surface area contributed by atoms with Crippen molar-refractivity contribution in [3.05, 3.63) is 35.5 Å². The summed E-state index contributed by atoms with van der Waals surface area (Å²) < 4.78 is 0. The van der Waals surface area contributed by atoms with E-state index in [2.05, 4.69) is 27.4 Å². The van der Waals surface area contributed by atoms with Crippen molar-refractivity contribution < 1.29 is 10.2 Å². The molecule has 0 aromatic rings. The Kier molecular flexibility index (Phi) is 7.58. The zero-order valence-corrected chi connectivity index (χ0v) is 14.9. The average Bonchev–Trinajstić information content (AvgIpc) is 2.37. The van der Waals surface area contributed by atoms with E-state index in [-0.39, 0.29) is 6.61 Å². The number of rotatable bonds is 7. The smallest absolute Gasteiger partial charge is 0.0760 e. The number of hydrogen-bond donors (Lipinski definition) is 2. The summed E-state index contributed by atoms with van der Waals surface area (Å²) in [6.07, 6.45) is 9.74. The summed E-state index contributed by atoms with van der Waals surface area (Å²) in [5.41, 5.74) is 4.04. The molecule has 126 valence electrons. The third-order valence-electron chi connectivity index (χ3n) is 5.03. The van der Waals surface area contributed by atoms with E-state index in [1.165, 1.54) is 30.4 Å². The molecule has 0 saturated heterocycles. The van der Waals surface area contributed by atoms with Gasteiger partial charge >= 0.3 is 0 Å². The molecular weight excluding hydrogens is 272 g/mol. The topological polar surface area (TPSA) is 40.5 Å². The van der Waals surface area contributed by atoms with Gasteiger partial charge in [-0.3, -0.25) is 0 Å². The Balaban J connectivity index is 2.53. The molecule has 0 aliphatic heterocycles. The molecule has 2 atom stereocenters. The molecule has 0 spiro atoms. The average molecular weight is 306 g/mol. The molecule has 2 nitrogen and oxygen atoms in total. The molecule has 2 N–H and O–H groups in total. The number of aliphatic hydroxyl groups is 2. The third-order valence-corrected chi connectivity index (χ3v) is 5.03. The maximum atomic E-state index is 10.1. The second-order valence-corrected chi connectivity index (χ2v) is 7.61. The van der Waals surface area contributed by atoms with Crippen LogP contribution in [0.3, 0.4) is 0 Å². The third kappa shape index (κ3) is 6.10. The van der Waals surface area contributed by atoms with E-state index in [1.54, 1.807) is 6.08 Å². The van der Waals surface area contributed by atoms with Gasteiger partial charge in [0.05, 0.1) is 12.7 Å². The zero-order chi connectivity index (χ0) is 16.8. The van der Waals surface area contributed by atoms with E-state index < -0.39 is 6.10 Å². The van der Waals surface area contributed by atoms with Gasteiger partial charge in [-0.05, 0) is 63.7 Å². The Bertz CT molecular complexity index is 429. The van der Waals surface area contributed by atoms with Crippen LogP contribution in [0.4, 0.5) is 0 Å². The lowest BCUT2D eigenvalue weighted by Crippen LogP contribution is -2.29. The van der Waals surface area contributed by atoms with Gasteiger partial charge in [0, 0.05) is 0 Å². The van der Waals surface area contributed by atoms with E-state index in [0.717, 1.165) is 18.4 Å². The van der Waals surface area contributed by atoms with Crippen LogP contribution in [-0.4, -0.2) is 22.9 Å². The molecule has 2 heteroatoms. The van der Waals surface area contributed by atoms with Gasteiger partial charge in [-0.1, -0.05) is 49.3 Å². The molecule has 0 bridgehead atoms. The predicted octanol–water partition coefficient (Wildman–Crippen LogP) is 4.79. The molecule has 0 aromatic heterocycles. The fraction of sp³-hybridized carbons (Fsp3) is 0.700. The van der Waals surface area contributed by atoms with Crippen LogP contribution < -0.4 is 0 Å². The lowest BCUT2D eigenvalue weighted by Gasteiger charge is -2.40. The van der Waals surface area contributed by atoms with Crippen LogP contribution in [-0.2, 0) is 0 Å². The molecule has 1 aliphatic rings. The van der Waals surface area contributed by atoms with Crippen molar-refractivity contribution in [2.24, 2.45) is 11.3 Å². The van der Waals surface area contributed by atoms with Gasteiger partial charge in [0.15, 0.2) is 0 Å². The predicted molar refractivity (Wildman–Crippen MR) is 94.7 cm³/mol. The number of aliphatic hydroxyl groups excluding tert-OH is 2. The standard InChI is InChI=1S/C20H34O2/c1-15(13-18(22)14-16(2)10-12-21)8-9-19-17(3)7-6-11-20(19,4)5/h10,13,18-19,21-22H,3,6-9,11-12,14H2,1-2,4-5H3/b15-13+,16-10+/t18?,19-/m0/s1. The minimum Gasteiger partial charge on any atom is -0.392 e. The second-order valence-electron chi connectivity index (χ2n) is 7.61. The minimum absolute atomic E-state index is 0.0418. The molecule has 0 aromatic carbocycles. The van der Waals surface area contributed by atoms with Crippen LogP contribution in [0.15, 0.2) is 35.5 Å². The van der Waals surface area contributed by atoms with Crippen molar-refractivity contribution in [3.8, 4) is 0 Å².